The summed E-state index contributed by atoms with van der Waals surface area (Å²) in [7, 11) is 0. The van der Waals surface area contributed by atoms with Crippen LogP contribution in [0.25, 0.3) is 27.3 Å². The number of hydrogen-bond donors (Lipinski definition) is 1. The highest BCUT2D eigenvalue weighted by atomic mass is 32.1. The van der Waals surface area contributed by atoms with Gasteiger partial charge in [-0.3, -0.25) is 9.36 Å². The molecular formula is C28H22F5N5O3S. The fourth-order valence-corrected chi connectivity index (χ4v) is 6.37. The van der Waals surface area contributed by atoms with Crippen molar-refractivity contribution in [2.24, 2.45) is 0 Å². The molecule has 3 aromatic heterocycles. The third kappa shape index (κ3) is 4.64. The van der Waals surface area contributed by atoms with Crippen molar-refractivity contribution >= 4 is 34.0 Å². The third-order valence-electron chi connectivity index (χ3n) is 7.22. The number of aliphatic hydroxyl groups is 1. The van der Waals surface area contributed by atoms with Crippen LogP contribution in [0.2, 0.25) is 0 Å². The minimum atomic E-state index is -4.82. The van der Waals surface area contributed by atoms with Crippen LogP contribution in [-0.4, -0.2) is 30.7 Å². The van der Waals surface area contributed by atoms with E-state index in [1.165, 1.54) is 15.5 Å². The zero-order chi connectivity index (χ0) is 29.9. The van der Waals surface area contributed by atoms with Gasteiger partial charge in [-0.2, -0.15) is 13.2 Å². The Hall–Kier alpha value is -4.17. The van der Waals surface area contributed by atoms with Crippen LogP contribution >= 0.6 is 11.3 Å². The topological polar surface area (TPSA) is 97.3 Å². The molecule has 42 heavy (non-hydrogen) atoms. The van der Waals surface area contributed by atoms with Crippen LogP contribution in [0.15, 0.2) is 40.9 Å². The quantitative estimate of drug-likeness (QED) is 0.222. The third-order valence-corrected chi connectivity index (χ3v) is 8.25. The molecule has 1 amide bonds. The van der Waals surface area contributed by atoms with Crippen molar-refractivity contribution in [2.75, 3.05) is 4.90 Å². The van der Waals surface area contributed by atoms with E-state index in [9.17, 15) is 31.9 Å². The van der Waals surface area contributed by atoms with E-state index in [4.69, 9.17) is 9.51 Å². The average molecular weight is 604 g/mol. The van der Waals surface area contributed by atoms with E-state index in [0.29, 0.717) is 52.2 Å². The Morgan fingerprint density at radius 3 is 2.52 bits per heavy atom. The number of halogens is 5. The number of alkyl halides is 3. The van der Waals surface area contributed by atoms with Crippen LogP contribution in [-0.2, 0) is 17.6 Å². The summed E-state index contributed by atoms with van der Waals surface area (Å²) < 4.78 is 76.2. The van der Waals surface area contributed by atoms with E-state index in [1.54, 1.807) is 32.0 Å². The Morgan fingerprint density at radius 1 is 1.10 bits per heavy atom. The molecule has 0 bridgehead atoms. The number of aryl methyl sites for hydroxylation is 2. The zero-order valence-corrected chi connectivity index (χ0v) is 23.0. The summed E-state index contributed by atoms with van der Waals surface area (Å²) in [6, 6.07) is 7.40. The summed E-state index contributed by atoms with van der Waals surface area (Å²) in [5.74, 6) is -1.86. The number of fused-ring (bicyclic) bond motifs is 1. The molecule has 1 N–H and O–H groups in total. The van der Waals surface area contributed by atoms with E-state index < -0.39 is 36.2 Å². The number of carbonyl (C=O) groups is 1. The first-order valence-electron chi connectivity index (χ1n) is 12.9. The monoisotopic (exact) mass is 603 g/mol. The Morgan fingerprint density at radius 2 is 1.88 bits per heavy atom. The van der Waals surface area contributed by atoms with Gasteiger partial charge in [0.05, 0.1) is 34.3 Å². The molecule has 14 heteroatoms. The first kappa shape index (κ1) is 28.0. The van der Waals surface area contributed by atoms with Crippen molar-refractivity contribution in [3.05, 3.63) is 75.9 Å². The Balaban J connectivity index is 1.60. The second kappa shape index (κ2) is 10.3. The van der Waals surface area contributed by atoms with Gasteiger partial charge in [0, 0.05) is 23.7 Å². The number of rotatable bonds is 5. The van der Waals surface area contributed by atoms with E-state index in [1.807, 2.05) is 0 Å². The van der Waals surface area contributed by atoms with E-state index in [0.717, 1.165) is 17.7 Å². The molecule has 1 aliphatic heterocycles. The van der Waals surface area contributed by atoms with Crippen LogP contribution in [0, 0.1) is 25.5 Å². The molecule has 5 aromatic rings. The van der Waals surface area contributed by atoms with Crippen LogP contribution in [0.3, 0.4) is 0 Å². The summed E-state index contributed by atoms with van der Waals surface area (Å²) in [6.45, 7) is 2.65. The maximum absolute atomic E-state index is 14.3. The second-order valence-corrected chi connectivity index (χ2v) is 11.0. The molecule has 218 valence electrons. The first-order valence-corrected chi connectivity index (χ1v) is 13.7. The number of aromatic nitrogens is 4. The summed E-state index contributed by atoms with van der Waals surface area (Å²) in [4.78, 5) is 22.8. The van der Waals surface area contributed by atoms with E-state index >= 15 is 0 Å². The predicted octanol–water partition coefficient (Wildman–Crippen LogP) is 6.80. The Bertz CT molecular complexity index is 1820. The van der Waals surface area contributed by atoms with Gasteiger partial charge in [0.15, 0.2) is 22.5 Å². The first-order chi connectivity index (χ1) is 20.0. The van der Waals surface area contributed by atoms with Crippen molar-refractivity contribution < 1.29 is 36.4 Å². The highest BCUT2D eigenvalue weighted by Crippen LogP contribution is 2.42. The molecule has 1 saturated heterocycles. The van der Waals surface area contributed by atoms with Crippen molar-refractivity contribution in [3.8, 4) is 16.3 Å². The number of carbonyl (C=O) groups excluding carboxylic acids is 1. The van der Waals surface area contributed by atoms with E-state index in [-0.39, 0.29) is 33.8 Å². The van der Waals surface area contributed by atoms with Crippen LogP contribution in [0.1, 0.15) is 53.2 Å². The van der Waals surface area contributed by atoms with Gasteiger partial charge in [-0.15, -0.1) is 0 Å². The SMILES string of the molecule is Cc1noc(C)c1-c1ccc2c(c1)nc([C@@H]1CCCC(=O)N1c1ccc(F)c(F)c1)n2-c1nc(C(F)(F)F)c(CO)s1. The highest BCUT2D eigenvalue weighted by molar-refractivity contribution is 7.14. The lowest BCUT2D eigenvalue weighted by Gasteiger charge is -2.35. The van der Waals surface area contributed by atoms with Gasteiger partial charge in [0.1, 0.15) is 11.6 Å². The lowest BCUT2D eigenvalue weighted by atomic mass is 9.99. The molecule has 1 fully saturated rings. The predicted molar refractivity (Wildman–Crippen MR) is 143 cm³/mol. The largest absolute Gasteiger partial charge is 0.434 e. The molecule has 0 spiro atoms. The van der Waals surface area contributed by atoms with Crippen molar-refractivity contribution in [1.29, 1.82) is 0 Å². The number of aliphatic hydroxyl groups excluding tert-OH is 1. The molecule has 1 aliphatic rings. The fourth-order valence-electron chi connectivity index (χ4n) is 5.41. The summed E-state index contributed by atoms with van der Waals surface area (Å²) in [5.41, 5.74) is 1.73. The number of imidazole rings is 1. The van der Waals surface area contributed by atoms with E-state index in [2.05, 4.69) is 10.1 Å². The minimum absolute atomic E-state index is 0.0878. The van der Waals surface area contributed by atoms with Crippen LogP contribution in [0.5, 0.6) is 0 Å². The molecule has 6 rings (SSSR count). The summed E-state index contributed by atoms with van der Waals surface area (Å²) in [5, 5.41) is 13.6. The number of nitrogens with zero attached hydrogens (tertiary/aromatic N) is 5. The van der Waals surface area contributed by atoms with Crippen LogP contribution in [0.4, 0.5) is 27.6 Å². The molecule has 1 atom stereocenters. The highest BCUT2D eigenvalue weighted by Gasteiger charge is 2.39. The molecule has 4 heterocycles. The Labute approximate surface area is 239 Å². The van der Waals surface area contributed by atoms with Gasteiger partial charge in [-0.25, -0.2) is 18.7 Å². The normalized spacial score (nSPS) is 16.1. The fraction of sp³-hybridized carbons (Fsp3) is 0.286. The molecule has 2 aromatic carbocycles. The maximum atomic E-state index is 14.3. The average Bonchev–Trinajstić information content (AvgIpc) is 3.64. The van der Waals surface area contributed by atoms with Gasteiger partial charge in [0.2, 0.25) is 5.91 Å². The van der Waals surface area contributed by atoms with Gasteiger partial charge < -0.3 is 14.5 Å². The van der Waals surface area contributed by atoms with Gasteiger partial charge in [-0.1, -0.05) is 22.6 Å². The zero-order valence-electron chi connectivity index (χ0n) is 22.2. The molecule has 8 nitrogen and oxygen atoms in total. The van der Waals surface area contributed by atoms with Crippen molar-refractivity contribution in [3.63, 3.8) is 0 Å². The van der Waals surface area contributed by atoms with Crippen molar-refractivity contribution in [1.82, 2.24) is 19.7 Å². The van der Waals surface area contributed by atoms with Gasteiger partial charge in [0.25, 0.3) is 0 Å². The van der Waals surface area contributed by atoms with Gasteiger partial charge in [-0.05, 0) is 56.5 Å². The lowest BCUT2D eigenvalue weighted by Crippen LogP contribution is -2.39. The maximum Gasteiger partial charge on any atom is 0.434 e. The Kier molecular flexibility index (Phi) is 6.84. The van der Waals surface area contributed by atoms with Gasteiger partial charge >= 0.3 is 6.18 Å². The molecule has 0 aliphatic carbocycles. The number of amides is 1. The number of thiazole rings is 1. The second-order valence-electron chi connectivity index (χ2n) is 9.90. The summed E-state index contributed by atoms with van der Waals surface area (Å²) in [6.07, 6.45) is -3.91. The smallest absolute Gasteiger partial charge is 0.391 e. The summed E-state index contributed by atoms with van der Waals surface area (Å²) >= 11 is 0.650. The lowest BCUT2D eigenvalue weighted by molar-refractivity contribution is -0.141. The molecular weight excluding hydrogens is 581 g/mol. The molecule has 0 unspecified atom stereocenters. The number of hydrogen-bond acceptors (Lipinski definition) is 7. The minimum Gasteiger partial charge on any atom is -0.391 e. The standard InChI is InChI=1S/C28H22F5N5O3S/c1-13-24(14(2)41-36-13)15-6-9-20-19(10-15)34-26(38(20)27-35-25(28(31,32)33)22(12-39)42-27)21-4-3-5-23(40)37(21)16-7-8-17(29)18(30)11-16/h6-11,21,39H,3-5,12H2,1-2H3/t21-/m0/s1. The number of piperidine rings is 1. The molecule has 0 saturated carbocycles. The molecule has 0 radical (unpaired) electrons. The number of benzene rings is 2. The number of anilines is 1. The van der Waals surface area contributed by atoms with Crippen LogP contribution < -0.4 is 4.90 Å². The van der Waals surface area contributed by atoms with Crippen molar-refractivity contribution in [2.45, 2.75) is 51.9 Å².